The first-order valence-corrected chi connectivity index (χ1v) is 11.0. The predicted molar refractivity (Wildman–Crippen MR) is 91.3 cm³/mol. The lowest BCUT2D eigenvalue weighted by atomic mass is 9.78. The molecule has 138 valence electrons. The van der Waals surface area contributed by atoms with Gasteiger partial charge in [0, 0.05) is 46.0 Å². The fraction of sp³-hybridized carbons (Fsp3) is 1.00. The second-order valence-corrected chi connectivity index (χ2v) is 10.1. The van der Waals surface area contributed by atoms with Crippen LogP contribution < -0.4 is 4.72 Å². The van der Waals surface area contributed by atoms with Crippen LogP contribution >= 0.6 is 0 Å². The van der Waals surface area contributed by atoms with Gasteiger partial charge in [-0.2, -0.15) is 0 Å². The van der Waals surface area contributed by atoms with Gasteiger partial charge in [-0.1, -0.05) is 0 Å². The van der Waals surface area contributed by atoms with Crippen LogP contribution in [0.5, 0.6) is 0 Å². The molecule has 0 aromatic carbocycles. The molecule has 0 aromatic rings. The number of likely N-dealkylation sites (tertiary alicyclic amines) is 1. The lowest BCUT2D eigenvalue weighted by molar-refractivity contribution is -0.139. The van der Waals surface area contributed by atoms with Crippen molar-refractivity contribution in [3.63, 3.8) is 0 Å². The molecule has 3 saturated heterocycles. The highest BCUT2D eigenvalue weighted by molar-refractivity contribution is 7.90. The normalized spacial score (nSPS) is 31.4. The second-order valence-electron chi connectivity index (χ2n) is 8.05. The maximum Gasteiger partial charge on any atom is 0.214 e. The Hall–Kier alpha value is -0.210. The van der Waals surface area contributed by atoms with Crippen molar-refractivity contribution >= 4 is 10.0 Å². The monoisotopic (exact) mass is 358 g/mol. The molecule has 0 amide bonds. The predicted octanol–water partition coefficient (Wildman–Crippen LogP) is 0.976. The van der Waals surface area contributed by atoms with Crippen molar-refractivity contribution in [2.24, 2.45) is 11.8 Å². The van der Waals surface area contributed by atoms with Gasteiger partial charge in [0.05, 0.1) is 10.9 Å². The van der Waals surface area contributed by atoms with Gasteiger partial charge in [0.1, 0.15) is 0 Å². The number of hydrogen-bond acceptors (Lipinski definition) is 5. The Labute approximate surface area is 145 Å². The average Bonchev–Trinajstić information content (AvgIpc) is 3.31. The van der Waals surface area contributed by atoms with Crippen molar-refractivity contribution in [3.8, 4) is 0 Å². The van der Waals surface area contributed by atoms with E-state index in [2.05, 4.69) is 9.62 Å². The van der Waals surface area contributed by atoms with Crippen LogP contribution in [-0.4, -0.2) is 70.2 Å². The van der Waals surface area contributed by atoms with E-state index in [0.717, 1.165) is 71.1 Å². The van der Waals surface area contributed by atoms with Gasteiger partial charge < -0.3 is 9.47 Å². The van der Waals surface area contributed by atoms with Crippen molar-refractivity contribution < 1.29 is 17.9 Å². The van der Waals surface area contributed by atoms with E-state index in [9.17, 15) is 8.42 Å². The standard InChI is InChI=1S/C17H30N2O4S/c20-24(21,16-1-2-16)18-7-3-15-6-10-23-17(15)12-19(13-17)11-14-4-8-22-9-5-14/h14-16,18H,1-13H2. The number of nitrogens with zero attached hydrogens (tertiary/aromatic N) is 1. The Morgan fingerprint density at radius 3 is 2.50 bits per heavy atom. The summed E-state index contributed by atoms with van der Waals surface area (Å²) in [6.45, 7) is 6.40. The Morgan fingerprint density at radius 1 is 1.04 bits per heavy atom. The van der Waals surface area contributed by atoms with Crippen molar-refractivity contribution in [2.45, 2.75) is 49.4 Å². The van der Waals surface area contributed by atoms with Crippen LogP contribution in [0.15, 0.2) is 0 Å². The molecular formula is C17H30N2O4S. The number of rotatable bonds is 7. The SMILES string of the molecule is O=S(=O)(NCCC1CCOC12CN(CC1CCOCC1)C2)C1CC1. The zero-order valence-corrected chi connectivity index (χ0v) is 15.2. The van der Waals surface area contributed by atoms with Crippen LogP contribution in [0.1, 0.15) is 38.5 Å². The van der Waals surface area contributed by atoms with Crippen LogP contribution in [0.3, 0.4) is 0 Å². The van der Waals surface area contributed by atoms with Gasteiger partial charge in [-0.25, -0.2) is 13.1 Å². The van der Waals surface area contributed by atoms with Gasteiger partial charge in [-0.15, -0.1) is 0 Å². The molecule has 1 spiro atoms. The lowest BCUT2D eigenvalue weighted by Crippen LogP contribution is -2.65. The first-order valence-electron chi connectivity index (χ1n) is 9.50. The van der Waals surface area contributed by atoms with Crippen molar-refractivity contribution in [2.75, 3.05) is 46.0 Å². The van der Waals surface area contributed by atoms with Crippen LogP contribution in [0.25, 0.3) is 0 Å². The zero-order valence-electron chi connectivity index (χ0n) is 14.4. The van der Waals surface area contributed by atoms with Crippen LogP contribution in [0.4, 0.5) is 0 Å². The van der Waals surface area contributed by atoms with E-state index < -0.39 is 10.0 Å². The Bertz CT molecular complexity index is 537. The van der Waals surface area contributed by atoms with Crippen molar-refractivity contribution in [3.05, 3.63) is 0 Å². The summed E-state index contributed by atoms with van der Waals surface area (Å²) in [5.41, 5.74) is -0.00378. The molecule has 0 aromatic heterocycles. The molecule has 3 heterocycles. The molecule has 1 aliphatic carbocycles. The summed E-state index contributed by atoms with van der Waals surface area (Å²) in [7, 11) is -3.05. The summed E-state index contributed by atoms with van der Waals surface area (Å²) in [5.74, 6) is 1.26. The molecule has 1 unspecified atom stereocenters. The highest BCUT2D eigenvalue weighted by atomic mass is 32.2. The van der Waals surface area contributed by atoms with Gasteiger partial charge in [-0.05, 0) is 50.4 Å². The Balaban J connectivity index is 1.22. The van der Waals surface area contributed by atoms with E-state index in [1.54, 1.807) is 0 Å². The molecule has 6 nitrogen and oxygen atoms in total. The minimum atomic E-state index is -3.05. The van der Waals surface area contributed by atoms with Gasteiger partial charge in [0.25, 0.3) is 0 Å². The molecule has 7 heteroatoms. The quantitative estimate of drug-likeness (QED) is 0.735. The van der Waals surface area contributed by atoms with Gasteiger partial charge >= 0.3 is 0 Å². The zero-order chi connectivity index (χ0) is 16.6. The Morgan fingerprint density at radius 2 is 1.79 bits per heavy atom. The summed E-state index contributed by atoms with van der Waals surface area (Å²) in [6, 6.07) is 0. The molecule has 0 bridgehead atoms. The minimum Gasteiger partial charge on any atom is -0.381 e. The second kappa shape index (κ2) is 6.83. The maximum absolute atomic E-state index is 11.9. The lowest BCUT2D eigenvalue weighted by Gasteiger charge is -2.51. The maximum atomic E-state index is 11.9. The molecule has 4 fully saturated rings. The van der Waals surface area contributed by atoms with E-state index >= 15 is 0 Å². The molecule has 24 heavy (non-hydrogen) atoms. The third-order valence-electron chi connectivity index (χ3n) is 6.20. The first kappa shape index (κ1) is 17.2. The summed E-state index contributed by atoms with van der Waals surface area (Å²) in [5, 5.41) is -0.120. The summed E-state index contributed by atoms with van der Waals surface area (Å²) < 4.78 is 38.2. The number of sulfonamides is 1. The van der Waals surface area contributed by atoms with Gasteiger partial charge in [-0.3, -0.25) is 4.90 Å². The third kappa shape index (κ3) is 3.65. The highest BCUT2D eigenvalue weighted by Crippen LogP contribution is 2.42. The first-order chi connectivity index (χ1) is 11.6. The third-order valence-corrected chi connectivity index (χ3v) is 8.15. The summed E-state index contributed by atoms with van der Waals surface area (Å²) in [6.07, 6.45) is 5.97. The smallest absolute Gasteiger partial charge is 0.214 e. The Kier molecular flexibility index (Phi) is 4.90. The molecule has 3 aliphatic heterocycles. The van der Waals surface area contributed by atoms with E-state index in [0.29, 0.717) is 12.5 Å². The molecule has 1 N–H and O–H groups in total. The summed E-state index contributed by atoms with van der Waals surface area (Å²) in [4.78, 5) is 2.52. The van der Waals surface area contributed by atoms with E-state index in [-0.39, 0.29) is 10.9 Å². The van der Waals surface area contributed by atoms with E-state index in [1.165, 1.54) is 12.8 Å². The van der Waals surface area contributed by atoms with E-state index in [1.807, 2.05) is 0 Å². The number of nitrogens with one attached hydrogen (secondary N) is 1. The van der Waals surface area contributed by atoms with Crippen molar-refractivity contribution in [1.29, 1.82) is 0 Å². The van der Waals surface area contributed by atoms with Crippen molar-refractivity contribution in [1.82, 2.24) is 9.62 Å². The fourth-order valence-electron chi connectivity index (χ4n) is 4.55. The van der Waals surface area contributed by atoms with Gasteiger partial charge in [0.2, 0.25) is 10.0 Å². The highest BCUT2D eigenvalue weighted by Gasteiger charge is 2.52. The number of hydrogen-bond donors (Lipinski definition) is 1. The molecule has 1 saturated carbocycles. The topological polar surface area (TPSA) is 67.9 Å². The molecular weight excluding hydrogens is 328 g/mol. The largest absolute Gasteiger partial charge is 0.381 e. The van der Waals surface area contributed by atoms with Crippen LogP contribution in [0.2, 0.25) is 0 Å². The van der Waals surface area contributed by atoms with Crippen LogP contribution in [0, 0.1) is 11.8 Å². The molecule has 4 aliphatic rings. The number of ether oxygens (including phenoxy) is 2. The van der Waals surface area contributed by atoms with E-state index in [4.69, 9.17) is 9.47 Å². The molecule has 0 radical (unpaired) electrons. The fourth-order valence-corrected chi connectivity index (χ4v) is 5.94. The average molecular weight is 359 g/mol. The van der Waals surface area contributed by atoms with Crippen LogP contribution in [-0.2, 0) is 19.5 Å². The molecule has 1 atom stereocenters. The molecule has 4 rings (SSSR count). The minimum absolute atomic E-state index is 0.00378. The summed E-state index contributed by atoms with van der Waals surface area (Å²) >= 11 is 0. The van der Waals surface area contributed by atoms with Gasteiger partial charge in [0.15, 0.2) is 0 Å².